The molecule has 0 aromatic rings. The Kier molecular flexibility index (Phi) is 4.03. The molecule has 0 saturated carbocycles. The lowest BCUT2D eigenvalue weighted by Gasteiger charge is -2.19. The highest BCUT2D eigenvalue weighted by Gasteiger charge is 2.33. The zero-order valence-corrected chi connectivity index (χ0v) is 8.23. The molecule has 0 spiro atoms. The molecular weight excluding hydrogens is 186 g/mol. The topological polar surface area (TPSA) is 66.8 Å². The highest BCUT2D eigenvalue weighted by molar-refractivity contribution is 5.90. The first-order valence-corrected chi connectivity index (χ1v) is 4.72. The molecule has 1 aliphatic rings. The molecule has 0 aromatic heterocycles. The second-order valence-electron chi connectivity index (χ2n) is 3.20. The molecule has 1 fully saturated rings. The third-order valence-corrected chi connectivity index (χ3v) is 2.30. The van der Waals surface area contributed by atoms with Crippen LogP contribution in [0.15, 0.2) is 0 Å². The monoisotopic (exact) mass is 201 g/mol. The summed E-state index contributed by atoms with van der Waals surface area (Å²) in [5, 5.41) is 8.92. The Balaban J connectivity index is 2.48. The summed E-state index contributed by atoms with van der Waals surface area (Å²) in [6.45, 7) is 2.38. The normalized spacial score (nSPS) is 22.7. The fraction of sp³-hybridized carbons (Fsp3) is 0.778. The van der Waals surface area contributed by atoms with Crippen molar-refractivity contribution in [1.29, 1.82) is 0 Å². The fourth-order valence-electron chi connectivity index (χ4n) is 1.57. The van der Waals surface area contributed by atoms with Gasteiger partial charge in [-0.1, -0.05) is 0 Å². The van der Waals surface area contributed by atoms with Crippen LogP contribution in [-0.2, 0) is 14.3 Å². The molecule has 1 saturated heterocycles. The standard InChI is InChI=1S/C9H15NO4/c1-2-14-9(13)5-7-8(12)3-4-10(7)6-11/h7,11H,2-6H2,1H3. The van der Waals surface area contributed by atoms with Crippen molar-refractivity contribution in [3.05, 3.63) is 0 Å². The molecular formula is C9H15NO4. The van der Waals surface area contributed by atoms with Gasteiger partial charge >= 0.3 is 5.97 Å². The van der Waals surface area contributed by atoms with Gasteiger partial charge in [-0.3, -0.25) is 14.5 Å². The first kappa shape index (κ1) is 11.1. The summed E-state index contributed by atoms with van der Waals surface area (Å²) in [7, 11) is 0. The Morgan fingerprint density at radius 2 is 2.43 bits per heavy atom. The highest BCUT2D eigenvalue weighted by Crippen LogP contribution is 2.16. The molecule has 1 rings (SSSR count). The number of hydrogen-bond donors (Lipinski definition) is 1. The Hall–Kier alpha value is -0.940. The Morgan fingerprint density at radius 1 is 1.71 bits per heavy atom. The minimum absolute atomic E-state index is 0.00658. The lowest BCUT2D eigenvalue weighted by Crippen LogP contribution is -2.36. The number of ether oxygens (including phenoxy) is 1. The maximum absolute atomic E-state index is 11.3. The number of aliphatic hydroxyl groups excluding tert-OH is 1. The predicted octanol–water partition coefficient (Wildman–Crippen LogP) is -0.467. The quantitative estimate of drug-likeness (QED) is 0.623. The van der Waals surface area contributed by atoms with E-state index in [4.69, 9.17) is 9.84 Å². The number of nitrogens with zero attached hydrogens (tertiary/aromatic N) is 1. The van der Waals surface area contributed by atoms with Crippen molar-refractivity contribution in [3.8, 4) is 0 Å². The van der Waals surface area contributed by atoms with E-state index in [0.29, 0.717) is 19.6 Å². The molecule has 1 aliphatic heterocycles. The van der Waals surface area contributed by atoms with E-state index in [1.807, 2.05) is 0 Å². The maximum Gasteiger partial charge on any atom is 0.307 e. The summed E-state index contributed by atoms with van der Waals surface area (Å²) < 4.78 is 4.75. The van der Waals surface area contributed by atoms with Crippen molar-refractivity contribution in [2.24, 2.45) is 0 Å². The van der Waals surface area contributed by atoms with E-state index >= 15 is 0 Å². The number of carbonyl (C=O) groups excluding carboxylic acids is 2. The second kappa shape index (κ2) is 5.07. The third-order valence-electron chi connectivity index (χ3n) is 2.30. The summed E-state index contributed by atoms with van der Waals surface area (Å²) in [6, 6.07) is -0.487. The number of esters is 1. The summed E-state index contributed by atoms with van der Waals surface area (Å²) >= 11 is 0. The second-order valence-corrected chi connectivity index (χ2v) is 3.20. The lowest BCUT2D eigenvalue weighted by atomic mass is 10.1. The minimum atomic E-state index is -0.487. The first-order chi connectivity index (χ1) is 6.69. The summed E-state index contributed by atoms with van der Waals surface area (Å²) in [5.74, 6) is -0.377. The van der Waals surface area contributed by atoms with Crippen LogP contribution in [0.4, 0.5) is 0 Å². The predicted molar refractivity (Wildman–Crippen MR) is 48.5 cm³/mol. The van der Waals surface area contributed by atoms with E-state index in [1.54, 1.807) is 11.8 Å². The fourth-order valence-corrected chi connectivity index (χ4v) is 1.57. The van der Waals surface area contributed by atoms with E-state index < -0.39 is 6.04 Å². The number of hydrogen-bond acceptors (Lipinski definition) is 5. The van der Waals surface area contributed by atoms with Crippen LogP contribution in [0.3, 0.4) is 0 Å². The molecule has 1 N–H and O–H groups in total. The minimum Gasteiger partial charge on any atom is -0.466 e. The molecule has 0 radical (unpaired) electrons. The van der Waals surface area contributed by atoms with Crippen molar-refractivity contribution in [2.45, 2.75) is 25.8 Å². The number of Topliss-reactive ketones (excluding diaryl/α,β-unsaturated/α-hetero) is 1. The largest absolute Gasteiger partial charge is 0.466 e. The van der Waals surface area contributed by atoms with Crippen LogP contribution in [0.2, 0.25) is 0 Å². The zero-order chi connectivity index (χ0) is 10.6. The number of likely N-dealkylation sites (tertiary alicyclic amines) is 1. The number of rotatable bonds is 4. The van der Waals surface area contributed by atoms with Gasteiger partial charge < -0.3 is 9.84 Å². The van der Waals surface area contributed by atoms with Gasteiger partial charge in [0.2, 0.25) is 0 Å². The molecule has 0 amide bonds. The molecule has 5 heteroatoms. The number of aliphatic hydroxyl groups is 1. The first-order valence-electron chi connectivity index (χ1n) is 4.72. The van der Waals surface area contributed by atoms with Crippen LogP contribution in [0.5, 0.6) is 0 Å². The lowest BCUT2D eigenvalue weighted by molar-refractivity contribution is -0.146. The number of carbonyl (C=O) groups is 2. The van der Waals surface area contributed by atoms with Crippen molar-refractivity contribution in [3.63, 3.8) is 0 Å². The Labute approximate surface area is 82.6 Å². The van der Waals surface area contributed by atoms with Crippen LogP contribution in [-0.4, -0.2) is 47.7 Å². The van der Waals surface area contributed by atoms with E-state index in [2.05, 4.69) is 0 Å². The van der Waals surface area contributed by atoms with Crippen molar-refractivity contribution in [1.82, 2.24) is 4.90 Å². The molecule has 0 bridgehead atoms. The van der Waals surface area contributed by atoms with Crippen LogP contribution in [0.1, 0.15) is 19.8 Å². The van der Waals surface area contributed by atoms with Crippen LogP contribution in [0.25, 0.3) is 0 Å². The highest BCUT2D eigenvalue weighted by atomic mass is 16.5. The van der Waals surface area contributed by atoms with Crippen molar-refractivity contribution >= 4 is 11.8 Å². The van der Waals surface area contributed by atoms with Gasteiger partial charge in [-0.25, -0.2) is 0 Å². The van der Waals surface area contributed by atoms with Crippen molar-refractivity contribution in [2.75, 3.05) is 19.9 Å². The molecule has 0 aromatic carbocycles. The van der Waals surface area contributed by atoms with E-state index in [0.717, 1.165) is 0 Å². The maximum atomic E-state index is 11.3. The van der Waals surface area contributed by atoms with Gasteiger partial charge in [0.15, 0.2) is 5.78 Å². The van der Waals surface area contributed by atoms with Crippen molar-refractivity contribution < 1.29 is 19.4 Å². The van der Waals surface area contributed by atoms with Gasteiger partial charge in [-0.15, -0.1) is 0 Å². The van der Waals surface area contributed by atoms with Gasteiger partial charge in [0.05, 0.1) is 25.8 Å². The molecule has 1 unspecified atom stereocenters. The smallest absolute Gasteiger partial charge is 0.307 e. The van der Waals surface area contributed by atoms with E-state index in [9.17, 15) is 9.59 Å². The molecule has 0 aliphatic carbocycles. The average molecular weight is 201 g/mol. The molecule has 5 nitrogen and oxygen atoms in total. The van der Waals surface area contributed by atoms with Gasteiger partial charge in [0, 0.05) is 13.0 Å². The summed E-state index contributed by atoms with van der Waals surface area (Å²) in [5.41, 5.74) is 0. The summed E-state index contributed by atoms with van der Waals surface area (Å²) in [4.78, 5) is 24.0. The zero-order valence-electron chi connectivity index (χ0n) is 8.23. The van der Waals surface area contributed by atoms with Gasteiger partial charge in [-0.05, 0) is 6.92 Å². The molecule has 14 heavy (non-hydrogen) atoms. The Morgan fingerprint density at radius 3 is 3.00 bits per heavy atom. The van der Waals surface area contributed by atoms with Crippen LogP contribution in [0, 0.1) is 0 Å². The third kappa shape index (κ3) is 2.52. The number of ketones is 1. The van der Waals surface area contributed by atoms with E-state index in [1.165, 1.54) is 0 Å². The van der Waals surface area contributed by atoms with Gasteiger partial charge in [0.1, 0.15) is 0 Å². The van der Waals surface area contributed by atoms with Gasteiger partial charge in [0.25, 0.3) is 0 Å². The summed E-state index contributed by atoms with van der Waals surface area (Å²) in [6.07, 6.45) is 0.456. The Bertz CT molecular complexity index is 229. The molecule has 80 valence electrons. The van der Waals surface area contributed by atoms with E-state index in [-0.39, 0.29) is 24.9 Å². The van der Waals surface area contributed by atoms with Crippen LogP contribution < -0.4 is 0 Å². The molecule has 1 atom stereocenters. The molecule has 1 heterocycles. The SMILES string of the molecule is CCOC(=O)CC1C(=O)CCN1CO. The average Bonchev–Trinajstić information content (AvgIpc) is 2.48. The van der Waals surface area contributed by atoms with Crippen LogP contribution >= 0.6 is 0 Å². The van der Waals surface area contributed by atoms with Gasteiger partial charge in [-0.2, -0.15) is 0 Å².